The minimum Gasteiger partial charge on any atom is -0.0732 e. The lowest BCUT2D eigenvalue weighted by Gasteiger charge is -2.16. The van der Waals surface area contributed by atoms with Crippen molar-refractivity contribution in [3.63, 3.8) is 0 Å². The summed E-state index contributed by atoms with van der Waals surface area (Å²) in [4.78, 5) is 0. The average molecular weight is 443 g/mol. The van der Waals surface area contributed by atoms with Gasteiger partial charge in [-0.3, -0.25) is 0 Å². The summed E-state index contributed by atoms with van der Waals surface area (Å²) >= 11 is 0. The molecule has 0 aliphatic heterocycles. The fourth-order valence-electron chi connectivity index (χ4n) is 4.75. The fraction of sp³-hybridized carbons (Fsp3) is 0.0286. The Labute approximate surface area is 206 Å². The van der Waals surface area contributed by atoms with E-state index >= 15 is 0 Å². The minimum atomic E-state index is 0.229. The molecule has 0 heteroatoms. The Kier molecular flexibility index (Phi) is 5.48. The van der Waals surface area contributed by atoms with E-state index in [1.165, 1.54) is 10.9 Å². The lowest BCUT2D eigenvalue weighted by Crippen LogP contribution is -1.97. The van der Waals surface area contributed by atoms with Crippen LogP contribution in [0.3, 0.4) is 0 Å². The van der Waals surface area contributed by atoms with Gasteiger partial charge in [-0.1, -0.05) is 127 Å². The summed E-state index contributed by atoms with van der Waals surface area (Å²) in [6, 6.07) is 35.5. The van der Waals surface area contributed by atoms with Crippen LogP contribution < -0.4 is 0 Å². The maximum Gasteiger partial charge on any atom is 0.0409 e. The Hall–Kier alpha value is -4.78. The molecule has 0 bridgehead atoms. The molecule has 0 heterocycles. The Bertz CT molecular complexity index is 1720. The molecule has 0 atom stereocenters. The number of allylic oxidation sites excluding steroid dienone is 4. The molecular weight excluding hydrogens is 420 g/mol. The number of hydrogen-bond donors (Lipinski definition) is 0. The minimum absolute atomic E-state index is 0.229. The molecule has 0 unspecified atom stereocenters. The van der Waals surface area contributed by atoms with Gasteiger partial charge in [-0.15, -0.1) is 0 Å². The van der Waals surface area contributed by atoms with Gasteiger partial charge >= 0.3 is 0 Å². The van der Waals surface area contributed by atoms with Crippen molar-refractivity contribution in [3.05, 3.63) is 155 Å². The van der Waals surface area contributed by atoms with Crippen LogP contribution in [0, 0.1) is 23.7 Å². The molecule has 1 aliphatic rings. The number of benzene rings is 5. The molecule has 6 rings (SSSR count). The summed E-state index contributed by atoms with van der Waals surface area (Å²) in [5.41, 5.74) is 5.40. The zero-order valence-electron chi connectivity index (χ0n) is 19.2. The Morgan fingerprint density at radius 1 is 0.429 bits per heavy atom. The van der Waals surface area contributed by atoms with E-state index in [1.807, 2.05) is 36.4 Å². The smallest absolute Gasteiger partial charge is 0.0409 e. The summed E-state index contributed by atoms with van der Waals surface area (Å²) in [6.45, 7) is 0. The number of fused-ring (bicyclic) bond motifs is 2. The maximum absolute atomic E-state index is 3.57. The molecular formula is C35H22. The highest BCUT2D eigenvalue weighted by molar-refractivity contribution is 6.11. The lowest BCUT2D eigenvalue weighted by molar-refractivity contribution is 1.12. The average Bonchev–Trinajstić information content (AvgIpc) is 3.46. The normalized spacial score (nSPS) is 12.3. The van der Waals surface area contributed by atoms with Gasteiger partial charge in [0.1, 0.15) is 0 Å². The van der Waals surface area contributed by atoms with E-state index in [0.717, 1.165) is 38.4 Å². The largest absolute Gasteiger partial charge is 0.0732 e. The van der Waals surface area contributed by atoms with Crippen molar-refractivity contribution >= 4 is 21.5 Å². The van der Waals surface area contributed by atoms with Gasteiger partial charge in [0.25, 0.3) is 0 Å². The van der Waals surface area contributed by atoms with Gasteiger partial charge in [0.2, 0.25) is 0 Å². The van der Waals surface area contributed by atoms with E-state index in [9.17, 15) is 0 Å². The SMILES string of the molecule is C(#Cc1c2ccccc2c(C#Cc2ccccc2)c2c(C3C=CC=C3)cccc12)c1ccccc1. The molecule has 0 radical (unpaired) electrons. The fourth-order valence-corrected chi connectivity index (χ4v) is 4.75. The van der Waals surface area contributed by atoms with Crippen molar-refractivity contribution in [2.45, 2.75) is 5.92 Å². The van der Waals surface area contributed by atoms with Crippen molar-refractivity contribution in [2.75, 3.05) is 0 Å². The predicted octanol–water partition coefficient (Wildman–Crippen LogP) is 8.00. The van der Waals surface area contributed by atoms with E-state index in [2.05, 4.69) is 115 Å². The summed E-state index contributed by atoms with van der Waals surface area (Å²) in [7, 11) is 0. The molecule has 0 fully saturated rings. The topological polar surface area (TPSA) is 0 Å². The van der Waals surface area contributed by atoms with Crippen molar-refractivity contribution in [1.29, 1.82) is 0 Å². The molecule has 5 aromatic carbocycles. The predicted molar refractivity (Wildman–Crippen MR) is 147 cm³/mol. The Balaban J connectivity index is 1.70. The first-order chi connectivity index (χ1) is 17.4. The molecule has 0 amide bonds. The first-order valence-corrected chi connectivity index (χ1v) is 11.8. The lowest BCUT2D eigenvalue weighted by atomic mass is 9.86. The van der Waals surface area contributed by atoms with Crippen molar-refractivity contribution in [2.24, 2.45) is 0 Å². The Morgan fingerprint density at radius 2 is 0.943 bits per heavy atom. The highest BCUT2D eigenvalue weighted by atomic mass is 14.2. The van der Waals surface area contributed by atoms with Crippen molar-refractivity contribution in [3.8, 4) is 23.7 Å². The van der Waals surface area contributed by atoms with E-state index in [-0.39, 0.29) is 5.92 Å². The van der Waals surface area contributed by atoms with Crippen LogP contribution in [0.5, 0.6) is 0 Å². The molecule has 35 heavy (non-hydrogen) atoms. The van der Waals surface area contributed by atoms with Crippen molar-refractivity contribution in [1.82, 2.24) is 0 Å². The molecule has 0 saturated carbocycles. The summed E-state index contributed by atoms with van der Waals surface area (Å²) in [5.74, 6) is 14.1. The zero-order chi connectivity index (χ0) is 23.5. The second kappa shape index (κ2) is 9.23. The molecule has 5 aromatic rings. The number of hydrogen-bond acceptors (Lipinski definition) is 0. The summed E-state index contributed by atoms with van der Waals surface area (Å²) < 4.78 is 0. The second-order valence-corrected chi connectivity index (χ2v) is 8.59. The van der Waals surface area contributed by atoms with Crippen LogP contribution in [0.2, 0.25) is 0 Å². The third-order valence-corrected chi connectivity index (χ3v) is 6.40. The highest BCUT2D eigenvalue weighted by Gasteiger charge is 2.18. The third-order valence-electron chi connectivity index (χ3n) is 6.40. The Morgan fingerprint density at radius 3 is 1.57 bits per heavy atom. The van der Waals surface area contributed by atoms with Crippen LogP contribution in [-0.2, 0) is 0 Å². The molecule has 0 aromatic heterocycles. The first-order valence-electron chi connectivity index (χ1n) is 11.8. The van der Waals surface area contributed by atoms with Gasteiger partial charge in [-0.05, 0) is 46.0 Å². The molecule has 162 valence electrons. The van der Waals surface area contributed by atoms with Gasteiger partial charge in [0.15, 0.2) is 0 Å². The third kappa shape index (κ3) is 4.04. The second-order valence-electron chi connectivity index (χ2n) is 8.59. The summed E-state index contributed by atoms with van der Waals surface area (Å²) in [6.07, 6.45) is 8.73. The standard InChI is InChI=1S/C35H22/c1-3-12-26(13-4-1)22-24-32-30-18-9-10-19-31(30)34(25-23-27-14-5-2-6-15-27)35-29(20-11-21-33(32)35)28-16-7-8-17-28/h1-21,28H. The van der Waals surface area contributed by atoms with Crippen LogP contribution in [0.1, 0.15) is 33.7 Å². The first kappa shape index (κ1) is 20.8. The van der Waals surface area contributed by atoms with E-state index in [4.69, 9.17) is 0 Å². The molecule has 1 aliphatic carbocycles. The monoisotopic (exact) mass is 442 g/mol. The van der Waals surface area contributed by atoms with Gasteiger partial charge in [-0.2, -0.15) is 0 Å². The van der Waals surface area contributed by atoms with Crippen LogP contribution in [-0.4, -0.2) is 0 Å². The van der Waals surface area contributed by atoms with Crippen molar-refractivity contribution < 1.29 is 0 Å². The van der Waals surface area contributed by atoms with Crippen LogP contribution >= 0.6 is 0 Å². The van der Waals surface area contributed by atoms with E-state index < -0.39 is 0 Å². The van der Waals surface area contributed by atoms with Gasteiger partial charge < -0.3 is 0 Å². The molecule has 0 spiro atoms. The quantitative estimate of drug-likeness (QED) is 0.182. The van der Waals surface area contributed by atoms with Gasteiger partial charge in [0, 0.05) is 33.6 Å². The maximum atomic E-state index is 3.57. The van der Waals surface area contributed by atoms with Crippen LogP contribution in [0.25, 0.3) is 21.5 Å². The van der Waals surface area contributed by atoms with Crippen LogP contribution in [0.15, 0.2) is 127 Å². The van der Waals surface area contributed by atoms with Gasteiger partial charge in [-0.25, -0.2) is 0 Å². The molecule has 0 N–H and O–H groups in total. The van der Waals surface area contributed by atoms with Gasteiger partial charge in [0.05, 0.1) is 0 Å². The summed E-state index contributed by atoms with van der Waals surface area (Å²) in [5, 5.41) is 4.61. The molecule has 0 nitrogen and oxygen atoms in total. The number of rotatable bonds is 1. The zero-order valence-corrected chi connectivity index (χ0v) is 19.2. The highest BCUT2D eigenvalue weighted by Crippen LogP contribution is 2.38. The van der Waals surface area contributed by atoms with E-state index in [0.29, 0.717) is 0 Å². The molecule has 0 saturated heterocycles. The van der Waals surface area contributed by atoms with E-state index in [1.54, 1.807) is 0 Å². The van der Waals surface area contributed by atoms with Crippen LogP contribution in [0.4, 0.5) is 0 Å².